The summed E-state index contributed by atoms with van der Waals surface area (Å²) in [5, 5.41) is 4.47. The number of nitrogens with zero attached hydrogens (tertiary/aromatic N) is 1. The van der Waals surface area contributed by atoms with E-state index in [4.69, 9.17) is 34.8 Å². The molecule has 0 spiro atoms. The Morgan fingerprint density at radius 2 is 1.84 bits per heavy atom. The molecular weight excluding hydrogens is 333 g/mol. The first-order valence-corrected chi connectivity index (χ1v) is 6.92. The minimum Gasteiger partial charge on any atom is -0.314 e. The predicted octanol–water partition coefficient (Wildman–Crippen LogP) is 3.98. The second kappa shape index (κ2) is 7.87. The number of piperazine rings is 1. The number of hydrogen-bond donors (Lipinski definition) is 1. The van der Waals surface area contributed by atoms with Crippen LogP contribution in [0.25, 0.3) is 0 Å². The van der Waals surface area contributed by atoms with Gasteiger partial charge in [-0.15, -0.1) is 12.4 Å². The number of benzene rings is 1. The van der Waals surface area contributed by atoms with Crippen molar-refractivity contribution in [2.45, 2.75) is 6.04 Å². The largest absolute Gasteiger partial charge is 0.314 e. The molecular formula is C12H15Cl4FN2. The highest BCUT2D eigenvalue weighted by atomic mass is 35.5. The molecule has 108 valence electrons. The quantitative estimate of drug-likeness (QED) is 0.832. The Morgan fingerprint density at radius 3 is 2.42 bits per heavy atom. The van der Waals surface area contributed by atoms with Gasteiger partial charge < -0.3 is 5.32 Å². The number of alkyl halides is 1. The van der Waals surface area contributed by atoms with Gasteiger partial charge in [-0.2, -0.15) is 0 Å². The standard InChI is InChI=1S/C12H14Cl3FN2.ClH/c13-8-5-9(12(15)10(14)6-8)11(7-16)18-3-1-17-2-4-18;/h5-6,11,17H,1-4,7H2;1H/t11-;/m1./s1. The Bertz CT molecular complexity index is 424. The summed E-state index contributed by atoms with van der Waals surface area (Å²) >= 11 is 18.1. The summed E-state index contributed by atoms with van der Waals surface area (Å²) in [7, 11) is 0. The second-order valence-corrected chi connectivity index (χ2v) is 5.47. The highest BCUT2D eigenvalue weighted by Crippen LogP contribution is 2.36. The molecule has 1 aliphatic rings. The first-order valence-electron chi connectivity index (χ1n) is 5.78. The first-order chi connectivity index (χ1) is 8.63. The third kappa shape index (κ3) is 4.10. The Labute approximate surface area is 133 Å². The van der Waals surface area contributed by atoms with E-state index in [2.05, 4.69) is 10.2 Å². The minimum absolute atomic E-state index is 0. The van der Waals surface area contributed by atoms with E-state index in [9.17, 15) is 4.39 Å². The summed E-state index contributed by atoms with van der Waals surface area (Å²) in [5.74, 6) is 0. The maximum Gasteiger partial charge on any atom is 0.109 e. The summed E-state index contributed by atoms with van der Waals surface area (Å²) in [6, 6.07) is 2.89. The van der Waals surface area contributed by atoms with Crippen LogP contribution in [-0.4, -0.2) is 37.8 Å². The highest BCUT2D eigenvalue weighted by molar-refractivity contribution is 6.43. The predicted molar refractivity (Wildman–Crippen MR) is 81.9 cm³/mol. The van der Waals surface area contributed by atoms with Crippen LogP contribution >= 0.6 is 47.2 Å². The lowest BCUT2D eigenvalue weighted by molar-refractivity contribution is 0.147. The van der Waals surface area contributed by atoms with Gasteiger partial charge in [0.25, 0.3) is 0 Å². The molecule has 2 rings (SSSR count). The van der Waals surface area contributed by atoms with E-state index in [0.717, 1.165) is 26.2 Å². The van der Waals surface area contributed by atoms with Crippen LogP contribution in [0.15, 0.2) is 12.1 Å². The van der Waals surface area contributed by atoms with E-state index in [1.807, 2.05) is 0 Å². The molecule has 2 nitrogen and oxygen atoms in total. The molecule has 0 amide bonds. The molecule has 0 aromatic heterocycles. The highest BCUT2D eigenvalue weighted by Gasteiger charge is 2.25. The van der Waals surface area contributed by atoms with Crippen molar-refractivity contribution in [2.24, 2.45) is 0 Å². The van der Waals surface area contributed by atoms with Crippen molar-refractivity contribution in [3.63, 3.8) is 0 Å². The average Bonchev–Trinajstić information content (AvgIpc) is 2.37. The molecule has 0 saturated carbocycles. The fraction of sp³-hybridized carbons (Fsp3) is 0.500. The molecule has 19 heavy (non-hydrogen) atoms. The zero-order chi connectivity index (χ0) is 13.1. The van der Waals surface area contributed by atoms with Crippen LogP contribution in [0.5, 0.6) is 0 Å². The minimum atomic E-state index is -0.504. The smallest absolute Gasteiger partial charge is 0.109 e. The molecule has 0 bridgehead atoms. The maximum atomic E-state index is 13.4. The van der Waals surface area contributed by atoms with E-state index >= 15 is 0 Å². The normalized spacial score (nSPS) is 17.9. The van der Waals surface area contributed by atoms with Gasteiger partial charge in [0.05, 0.1) is 16.1 Å². The fourth-order valence-electron chi connectivity index (χ4n) is 2.19. The Hall–Kier alpha value is 0.230. The fourth-order valence-corrected chi connectivity index (χ4v) is 2.93. The van der Waals surface area contributed by atoms with Gasteiger partial charge in [-0.05, 0) is 17.7 Å². The van der Waals surface area contributed by atoms with E-state index < -0.39 is 6.67 Å². The number of halogens is 5. The summed E-state index contributed by atoms with van der Waals surface area (Å²) in [6.07, 6.45) is 0. The molecule has 7 heteroatoms. The topological polar surface area (TPSA) is 15.3 Å². The molecule has 1 saturated heterocycles. The number of nitrogens with one attached hydrogen (secondary N) is 1. The van der Waals surface area contributed by atoms with Crippen molar-refractivity contribution in [3.8, 4) is 0 Å². The number of hydrogen-bond acceptors (Lipinski definition) is 2. The van der Waals surface area contributed by atoms with Crippen LogP contribution in [0.1, 0.15) is 11.6 Å². The Kier molecular flexibility index (Phi) is 7.15. The van der Waals surface area contributed by atoms with Crippen molar-refractivity contribution in [2.75, 3.05) is 32.9 Å². The van der Waals surface area contributed by atoms with Gasteiger partial charge in [0, 0.05) is 31.2 Å². The van der Waals surface area contributed by atoms with Crippen LogP contribution in [0, 0.1) is 0 Å². The molecule has 1 aromatic rings. The lowest BCUT2D eigenvalue weighted by atomic mass is 10.1. The maximum absolute atomic E-state index is 13.4. The average molecular weight is 348 g/mol. The lowest BCUT2D eigenvalue weighted by Crippen LogP contribution is -2.45. The molecule has 0 unspecified atom stereocenters. The molecule has 1 fully saturated rings. The van der Waals surface area contributed by atoms with Crippen LogP contribution in [-0.2, 0) is 0 Å². The lowest BCUT2D eigenvalue weighted by Gasteiger charge is -2.34. The van der Waals surface area contributed by atoms with Gasteiger partial charge in [0.1, 0.15) is 6.67 Å². The first kappa shape index (κ1) is 17.3. The zero-order valence-corrected chi connectivity index (χ0v) is 13.2. The van der Waals surface area contributed by atoms with Gasteiger partial charge in [-0.1, -0.05) is 34.8 Å². The summed E-state index contributed by atoms with van der Waals surface area (Å²) in [5.41, 5.74) is 0.665. The molecule has 1 aromatic carbocycles. The van der Waals surface area contributed by atoms with Crippen molar-refractivity contribution in [1.82, 2.24) is 10.2 Å². The third-order valence-corrected chi connectivity index (χ3v) is 4.15. The SMILES string of the molecule is Cl.FC[C@H](c1cc(Cl)cc(Cl)c1Cl)N1CCNCC1. The van der Waals surface area contributed by atoms with Gasteiger partial charge in [-0.3, -0.25) is 4.90 Å². The summed E-state index contributed by atoms with van der Waals surface area (Å²) in [6.45, 7) is 2.77. The van der Waals surface area contributed by atoms with E-state index in [1.165, 1.54) is 0 Å². The van der Waals surface area contributed by atoms with Crippen LogP contribution in [0.4, 0.5) is 4.39 Å². The van der Waals surface area contributed by atoms with Gasteiger partial charge in [0.2, 0.25) is 0 Å². The molecule has 1 aliphatic heterocycles. The van der Waals surface area contributed by atoms with Crippen LogP contribution in [0.2, 0.25) is 15.1 Å². The van der Waals surface area contributed by atoms with Crippen molar-refractivity contribution < 1.29 is 4.39 Å². The summed E-state index contributed by atoms with van der Waals surface area (Å²) < 4.78 is 13.4. The molecule has 1 heterocycles. The van der Waals surface area contributed by atoms with Crippen molar-refractivity contribution >= 4 is 47.2 Å². The monoisotopic (exact) mass is 346 g/mol. The summed E-state index contributed by atoms with van der Waals surface area (Å²) in [4.78, 5) is 2.06. The van der Waals surface area contributed by atoms with Crippen LogP contribution < -0.4 is 5.32 Å². The van der Waals surface area contributed by atoms with Crippen LogP contribution in [0.3, 0.4) is 0 Å². The van der Waals surface area contributed by atoms with Gasteiger partial charge >= 0.3 is 0 Å². The van der Waals surface area contributed by atoms with Crippen molar-refractivity contribution in [3.05, 3.63) is 32.8 Å². The Morgan fingerprint density at radius 1 is 1.21 bits per heavy atom. The van der Waals surface area contributed by atoms with Crippen molar-refractivity contribution in [1.29, 1.82) is 0 Å². The Balaban J connectivity index is 0.00000180. The second-order valence-electron chi connectivity index (χ2n) is 4.25. The molecule has 0 aliphatic carbocycles. The van der Waals surface area contributed by atoms with Gasteiger partial charge in [0.15, 0.2) is 0 Å². The number of rotatable bonds is 3. The zero-order valence-electron chi connectivity index (χ0n) is 10.1. The molecule has 0 radical (unpaired) electrons. The van der Waals surface area contributed by atoms with Gasteiger partial charge in [-0.25, -0.2) is 4.39 Å². The van der Waals surface area contributed by atoms with E-state index in [-0.39, 0.29) is 18.4 Å². The third-order valence-electron chi connectivity index (χ3n) is 3.12. The van der Waals surface area contributed by atoms with E-state index in [1.54, 1.807) is 12.1 Å². The molecule has 1 N–H and O–H groups in total. The van der Waals surface area contributed by atoms with E-state index in [0.29, 0.717) is 20.6 Å². The molecule has 1 atom stereocenters.